The summed E-state index contributed by atoms with van der Waals surface area (Å²) in [6.45, 7) is 23.6. The van der Waals surface area contributed by atoms with E-state index in [-0.39, 0.29) is 41.4 Å². The fourth-order valence-electron chi connectivity index (χ4n) is 4.04. The summed E-state index contributed by atoms with van der Waals surface area (Å²) in [7, 11) is 0. The Hall–Kier alpha value is -0.970. The molecule has 2 aliphatic rings. The normalized spacial score (nSPS) is 25.3. The van der Waals surface area contributed by atoms with Gasteiger partial charge in [-0.2, -0.15) is 0 Å². The zero-order valence-corrected chi connectivity index (χ0v) is 21.3. The number of halogens is 1. The Morgan fingerprint density at radius 2 is 1.59 bits per heavy atom. The highest BCUT2D eigenvalue weighted by Crippen LogP contribution is 2.37. The molecule has 0 aromatic rings. The molecule has 0 spiro atoms. The average molecular weight is 433 g/mol. The minimum Gasteiger partial charge on any atom is -0.444 e. The van der Waals surface area contributed by atoms with Crippen LogP contribution in [0.2, 0.25) is 0 Å². The van der Waals surface area contributed by atoms with Gasteiger partial charge >= 0.3 is 6.09 Å². The van der Waals surface area contributed by atoms with E-state index in [1.54, 1.807) is 0 Å². The number of nitrogens with one attached hydrogen (secondary N) is 1. The minimum absolute atomic E-state index is 0. The van der Waals surface area contributed by atoms with Gasteiger partial charge in [0, 0.05) is 23.5 Å². The number of hydrogen-bond acceptors (Lipinski definition) is 3. The van der Waals surface area contributed by atoms with E-state index < -0.39 is 5.60 Å². The SMILES string of the molecule is CC(C)C1CC(C)(C)NC1=O.CC(C)C1CN(C(=O)OC(C)(C)C)C(C)(C)C1.Cl. The average Bonchev–Trinajstić information content (AvgIpc) is 2.93. The van der Waals surface area contributed by atoms with Crippen molar-refractivity contribution in [2.75, 3.05) is 6.54 Å². The summed E-state index contributed by atoms with van der Waals surface area (Å²) in [4.78, 5) is 25.4. The molecule has 2 amide bonds. The number of carbonyl (C=O) groups is 2. The Morgan fingerprint density at radius 1 is 1.07 bits per heavy atom. The molecule has 2 rings (SSSR count). The zero-order valence-electron chi connectivity index (χ0n) is 20.5. The van der Waals surface area contributed by atoms with E-state index >= 15 is 0 Å². The molecule has 2 fully saturated rings. The maximum absolute atomic E-state index is 12.1. The van der Waals surface area contributed by atoms with E-state index in [2.05, 4.69) is 60.7 Å². The van der Waals surface area contributed by atoms with Gasteiger partial charge in [0.25, 0.3) is 0 Å². The van der Waals surface area contributed by atoms with Crippen LogP contribution in [0.4, 0.5) is 4.79 Å². The topological polar surface area (TPSA) is 58.6 Å². The number of carbonyl (C=O) groups excluding carboxylic acids is 2. The smallest absolute Gasteiger partial charge is 0.410 e. The summed E-state index contributed by atoms with van der Waals surface area (Å²) in [5, 5.41) is 2.99. The summed E-state index contributed by atoms with van der Waals surface area (Å²) >= 11 is 0. The molecule has 2 heterocycles. The Morgan fingerprint density at radius 3 is 1.86 bits per heavy atom. The second-order valence-corrected chi connectivity index (χ2v) is 11.5. The Balaban J connectivity index is 0.000000568. The van der Waals surface area contributed by atoms with Crippen molar-refractivity contribution in [3.05, 3.63) is 0 Å². The van der Waals surface area contributed by atoms with Crippen molar-refractivity contribution in [2.24, 2.45) is 23.7 Å². The molecule has 172 valence electrons. The van der Waals surface area contributed by atoms with Crippen molar-refractivity contribution >= 4 is 24.4 Å². The van der Waals surface area contributed by atoms with Gasteiger partial charge < -0.3 is 15.0 Å². The van der Waals surface area contributed by atoms with Gasteiger partial charge in [-0.25, -0.2) is 4.79 Å². The van der Waals surface area contributed by atoms with Gasteiger partial charge in [-0.15, -0.1) is 12.4 Å². The van der Waals surface area contributed by atoms with E-state index in [1.165, 1.54) is 0 Å². The van der Waals surface area contributed by atoms with E-state index in [0.29, 0.717) is 17.8 Å². The van der Waals surface area contributed by atoms with Crippen LogP contribution in [0.3, 0.4) is 0 Å². The van der Waals surface area contributed by atoms with Crippen molar-refractivity contribution in [3.63, 3.8) is 0 Å². The van der Waals surface area contributed by atoms with Crippen LogP contribution in [0.5, 0.6) is 0 Å². The lowest BCUT2D eigenvalue weighted by Crippen LogP contribution is -2.45. The quantitative estimate of drug-likeness (QED) is 0.612. The minimum atomic E-state index is -0.414. The van der Waals surface area contributed by atoms with E-state index in [1.807, 2.05) is 25.7 Å². The highest BCUT2D eigenvalue weighted by Gasteiger charge is 2.43. The number of rotatable bonds is 2. The fraction of sp³-hybridized carbons (Fsp3) is 0.913. The predicted octanol–water partition coefficient (Wildman–Crippen LogP) is 5.66. The molecular weight excluding hydrogens is 388 g/mol. The molecule has 0 radical (unpaired) electrons. The number of likely N-dealkylation sites (tertiary alicyclic amines) is 1. The summed E-state index contributed by atoms with van der Waals surface area (Å²) in [5.41, 5.74) is -0.480. The number of amides is 2. The highest BCUT2D eigenvalue weighted by molar-refractivity contribution is 5.85. The summed E-state index contributed by atoms with van der Waals surface area (Å²) < 4.78 is 5.47. The molecule has 2 unspecified atom stereocenters. The highest BCUT2D eigenvalue weighted by atomic mass is 35.5. The van der Waals surface area contributed by atoms with Gasteiger partial charge in [-0.05, 0) is 79.1 Å². The number of hydrogen-bond donors (Lipinski definition) is 1. The Kier molecular flexibility index (Phi) is 9.56. The van der Waals surface area contributed by atoms with Crippen LogP contribution in [0.15, 0.2) is 0 Å². The first-order valence-corrected chi connectivity index (χ1v) is 10.8. The van der Waals surface area contributed by atoms with Crippen molar-refractivity contribution in [1.82, 2.24) is 10.2 Å². The lowest BCUT2D eigenvalue weighted by Gasteiger charge is -2.33. The standard InChI is InChI=1S/C14H27NO2.C9H17NO.ClH/c1-10(2)11-8-14(6,7)15(9-11)12(16)17-13(3,4)5;1-6(2)7-5-9(3,4)10-8(7)11;/h10-11H,8-9H2,1-7H3;6-7H,5H2,1-4H3,(H,10,11);1H. The number of nitrogens with zero attached hydrogens (tertiary/aromatic N) is 1. The van der Waals surface area contributed by atoms with E-state index in [4.69, 9.17) is 4.74 Å². The van der Waals surface area contributed by atoms with Crippen molar-refractivity contribution < 1.29 is 14.3 Å². The monoisotopic (exact) mass is 432 g/mol. The molecule has 0 aromatic carbocycles. The molecule has 29 heavy (non-hydrogen) atoms. The summed E-state index contributed by atoms with van der Waals surface area (Å²) in [5.74, 6) is 2.12. The third kappa shape index (κ3) is 8.35. The van der Waals surface area contributed by atoms with Gasteiger partial charge in [0.15, 0.2) is 0 Å². The van der Waals surface area contributed by atoms with Crippen molar-refractivity contribution in [3.8, 4) is 0 Å². The second-order valence-electron chi connectivity index (χ2n) is 11.5. The molecule has 2 aliphatic heterocycles. The zero-order chi connectivity index (χ0) is 22.1. The van der Waals surface area contributed by atoms with Crippen LogP contribution in [0, 0.1) is 23.7 Å². The lowest BCUT2D eigenvalue weighted by molar-refractivity contribution is -0.123. The first-order chi connectivity index (χ1) is 12.4. The van der Waals surface area contributed by atoms with Crippen LogP contribution in [0.25, 0.3) is 0 Å². The third-order valence-electron chi connectivity index (χ3n) is 5.80. The van der Waals surface area contributed by atoms with Crippen molar-refractivity contribution in [1.29, 1.82) is 0 Å². The molecule has 0 aliphatic carbocycles. The van der Waals surface area contributed by atoms with E-state index in [9.17, 15) is 9.59 Å². The Labute approximate surface area is 185 Å². The first-order valence-electron chi connectivity index (χ1n) is 10.8. The third-order valence-corrected chi connectivity index (χ3v) is 5.80. The maximum atomic E-state index is 12.1. The second kappa shape index (κ2) is 9.89. The van der Waals surface area contributed by atoms with Crippen LogP contribution < -0.4 is 5.32 Å². The summed E-state index contributed by atoms with van der Waals surface area (Å²) in [6.07, 6.45) is 1.86. The van der Waals surface area contributed by atoms with Crippen LogP contribution in [0.1, 0.15) is 89.0 Å². The molecule has 2 saturated heterocycles. The van der Waals surface area contributed by atoms with Crippen LogP contribution in [-0.4, -0.2) is 40.1 Å². The fourth-order valence-corrected chi connectivity index (χ4v) is 4.04. The first kappa shape index (κ1) is 28.0. The molecule has 5 nitrogen and oxygen atoms in total. The summed E-state index contributed by atoms with van der Waals surface area (Å²) in [6, 6.07) is 0. The molecule has 0 bridgehead atoms. The molecule has 0 saturated carbocycles. The molecule has 0 aromatic heterocycles. The van der Waals surface area contributed by atoms with Gasteiger partial charge in [0.2, 0.25) is 5.91 Å². The molecule has 6 heteroatoms. The van der Waals surface area contributed by atoms with E-state index in [0.717, 1.165) is 19.4 Å². The van der Waals surface area contributed by atoms with Crippen LogP contribution in [-0.2, 0) is 9.53 Å². The molecule has 1 N–H and O–H groups in total. The lowest BCUT2D eigenvalue weighted by atomic mass is 9.89. The predicted molar refractivity (Wildman–Crippen MR) is 122 cm³/mol. The van der Waals surface area contributed by atoms with Gasteiger partial charge in [0.1, 0.15) is 5.60 Å². The Bertz CT molecular complexity index is 565. The van der Waals surface area contributed by atoms with Crippen molar-refractivity contribution in [2.45, 2.75) is 106 Å². The molecular formula is C23H45ClN2O3. The largest absolute Gasteiger partial charge is 0.444 e. The van der Waals surface area contributed by atoms with Gasteiger partial charge in [-0.1, -0.05) is 27.7 Å². The van der Waals surface area contributed by atoms with Gasteiger partial charge in [-0.3, -0.25) is 4.79 Å². The van der Waals surface area contributed by atoms with Crippen LogP contribution >= 0.6 is 12.4 Å². The molecule has 2 atom stereocenters. The number of ether oxygens (including phenoxy) is 1. The van der Waals surface area contributed by atoms with Gasteiger partial charge in [0.05, 0.1) is 0 Å². The maximum Gasteiger partial charge on any atom is 0.410 e.